The quantitative estimate of drug-likeness (QED) is 0.572. The first-order valence-corrected chi connectivity index (χ1v) is 6.18. The monoisotopic (exact) mass is 257 g/mol. The number of alkyl halides is 1. The highest BCUT2D eigenvalue weighted by Crippen LogP contribution is 2.34. The summed E-state index contributed by atoms with van der Waals surface area (Å²) in [4.78, 5) is 0.577. The SMILES string of the molecule is Cn1cnnc1C1CCCCCC1Br. The van der Waals surface area contributed by atoms with Crippen molar-refractivity contribution >= 4 is 15.9 Å². The average Bonchev–Trinajstić information content (AvgIpc) is 2.46. The summed E-state index contributed by atoms with van der Waals surface area (Å²) in [5, 5.41) is 8.17. The minimum Gasteiger partial charge on any atom is -0.320 e. The van der Waals surface area contributed by atoms with Crippen molar-refractivity contribution in [1.82, 2.24) is 14.8 Å². The Bertz CT molecular complexity index is 297. The number of aromatic nitrogens is 3. The fourth-order valence-electron chi connectivity index (χ4n) is 2.18. The normalized spacial score (nSPS) is 28.7. The number of aryl methyl sites for hydroxylation is 1. The van der Waals surface area contributed by atoms with Crippen LogP contribution in [0.15, 0.2) is 6.33 Å². The van der Waals surface area contributed by atoms with Gasteiger partial charge in [-0.2, -0.15) is 0 Å². The van der Waals surface area contributed by atoms with Crippen LogP contribution in [0.2, 0.25) is 0 Å². The summed E-state index contributed by atoms with van der Waals surface area (Å²) in [6.45, 7) is 0. The third-order valence-corrected chi connectivity index (χ3v) is 4.11. The molecule has 0 N–H and O–H groups in total. The zero-order chi connectivity index (χ0) is 9.97. The predicted molar refractivity (Wildman–Crippen MR) is 59.5 cm³/mol. The van der Waals surface area contributed by atoms with Gasteiger partial charge >= 0.3 is 0 Å². The van der Waals surface area contributed by atoms with Crippen molar-refractivity contribution in [3.63, 3.8) is 0 Å². The van der Waals surface area contributed by atoms with Crippen LogP contribution in [0.3, 0.4) is 0 Å². The summed E-state index contributed by atoms with van der Waals surface area (Å²) in [5.41, 5.74) is 0. The number of hydrogen-bond donors (Lipinski definition) is 0. The van der Waals surface area contributed by atoms with Gasteiger partial charge in [-0.25, -0.2) is 0 Å². The van der Waals surface area contributed by atoms with Gasteiger partial charge in [0.2, 0.25) is 0 Å². The Morgan fingerprint density at radius 2 is 2.14 bits per heavy atom. The fraction of sp³-hybridized carbons (Fsp3) is 0.800. The van der Waals surface area contributed by atoms with Crippen molar-refractivity contribution in [3.8, 4) is 0 Å². The molecule has 0 aliphatic heterocycles. The van der Waals surface area contributed by atoms with Gasteiger partial charge in [-0.15, -0.1) is 10.2 Å². The van der Waals surface area contributed by atoms with Gasteiger partial charge in [0.15, 0.2) is 0 Å². The fourth-order valence-corrected chi connectivity index (χ4v) is 3.01. The Balaban J connectivity index is 2.19. The van der Waals surface area contributed by atoms with Crippen LogP contribution in [0.5, 0.6) is 0 Å². The molecule has 78 valence electrons. The lowest BCUT2D eigenvalue weighted by atomic mass is 9.99. The smallest absolute Gasteiger partial charge is 0.136 e. The molecular weight excluding hydrogens is 242 g/mol. The van der Waals surface area contributed by atoms with E-state index in [1.807, 2.05) is 11.6 Å². The maximum Gasteiger partial charge on any atom is 0.136 e. The van der Waals surface area contributed by atoms with E-state index in [0.29, 0.717) is 10.7 Å². The minimum absolute atomic E-state index is 0.546. The van der Waals surface area contributed by atoms with E-state index >= 15 is 0 Å². The van der Waals surface area contributed by atoms with E-state index in [-0.39, 0.29) is 0 Å². The molecule has 0 spiro atoms. The average molecular weight is 258 g/mol. The van der Waals surface area contributed by atoms with E-state index in [4.69, 9.17) is 0 Å². The Morgan fingerprint density at radius 3 is 2.86 bits per heavy atom. The van der Waals surface area contributed by atoms with E-state index in [9.17, 15) is 0 Å². The number of nitrogens with zero attached hydrogens (tertiary/aromatic N) is 3. The molecule has 1 saturated carbocycles. The first-order valence-electron chi connectivity index (χ1n) is 5.27. The molecule has 2 unspecified atom stereocenters. The van der Waals surface area contributed by atoms with Crippen LogP contribution in [-0.4, -0.2) is 19.6 Å². The highest BCUT2D eigenvalue weighted by molar-refractivity contribution is 9.09. The largest absolute Gasteiger partial charge is 0.320 e. The van der Waals surface area contributed by atoms with Gasteiger partial charge in [0, 0.05) is 17.8 Å². The molecule has 2 atom stereocenters. The maximum atomic E-state index is 4.21. The highest BCUT2D eigenvalue weighted by Gasteiger charge is 2.26. The third kappa shape index (κ3) is 2.00. The van der Waals surface area contributed by atoms with Gasteiger partial charge in [-0.1, -0.05) is 35.2 Å². The van der Waals surface area contributed by atoms with Gasteiger partial charge < -0.3 is 4.57 Å². The molecule has 4 heteroatoms. The lowest BCUT2D eigenvalue weighted by Gasteiger charge is -2.18. The lowest BCUT2D eigenvalue weighted by Crippen LogP contribution is -2.15. The molecule has 1 aliphatic rings. The first-order chi connectivity index (χ1) is 6.79. The van der Waals surface area contributed by atoms with Gasteiger partial charge in [-0.05, 0) is 12.8 Å². The molecule has 0 aromatic carbocycles. The van der Waals surface area contributed by atoms with E-state index in [2.05, 4.69) is 26.1 Å². The number of rotatable bonds is 1. The lowest BCUT2D eigenvalue weighted by molar-refractivity contribution is 0.557. The van der Waals surface area contributed by atoms with Crippen LogP contribution in [0, 0.1) is 0 Å². The van der Waals surface area contributed by atoms with E-state index in [0.717, 1.165) is 5.82 Å². The topological polar surface area (TPSA) is 30.7 Å². The molecule has 1 heterocycles. The maximum absolute atomic E-state index is 4.21. The zero-order valence-electron chi connectivity index (χ0n) is 8.49. The second kappa shape index (κ2) is 4.43. The Kier molecular flexibility index (Phi) is 3.21. The Labute approximate surface area is 93.0 Å². The Hall–Kier alpha value is -0.380. The first kappa shape index (κ1) is 10.1. The summed E-state index contributed by atoms with van der Waals surface area (Å²) < 4.78 is 2.05. The van der Waals surface area contributed by atoms with Crippen molar-refractivity contribution < 1.29 is 0 Å². The minimum atomic E-state index is 0.546. The molecule has 14 heavy (non-hydrogen) atoms. The summed E-state index contributed by atoms with van der Waals surface area (Å²) in [5.74, 6) is 1.68. The van der Waals surface area contributed by atoms with Crippen molar-refractivity contribution in [3.05, 3.63) is 12.2 Å². The molecule has 2 rings (SSSR count). The van der Waals surface area contributed by atoms with Crippen molar-refractivity contribution in [2.75, 3.05) is 0 Å². The molecule has 3 nitrogen and oxygen atoms in total. The summed E-state index contributed by atoms with van der Waals surface area (Å²) >= 11 is 3.78. The summed E-state index contributed by atoms with van der Waals surface area (Å²) in [7, 11) is 2.03. The second-order valence-electron chi connectivity index (χ2n) is 4.06. The molecule has 1 fully saturated rings. The molecule has 0 saturated heterocycles. The molecule has 0 bridgehead atoms. The van der Waals surface area contributed by atoms with Gasteiger partial charge in [0.25, 0.3) is 0 Å². The molecule has 1 aromatic heterocycles. The van der Waals surface area contributed by atoms with Crippen LogP contribution < -0.4 is 0 Å². The van der Waals surface area contributed by atoms with Gasteiger partial charge in [-0.3, -0.25) is 0 Å². The van der Waals surface area contributed by atoms with Crippen molar-refractivity contribution in [1.29, 1.82) is 0 Å². The summed E-state index contributed by atoms with van der Waals surface area (Å²) in [6.07, 6.45) is 8.31. The van der Waals surface area contributed by atoms with Crippen LogP contribution in [-0.2, 0) is 7.05 Å². The van der Waals surface area contributed by atoms with Crippen LogP contribution in [0.1, 0.15) is 43.8 Å². The highest BCUT2D eigenvalue weighted by atomic mass is 79.9. The van der Waals surface area contributed by atoms with Crippen molar-refractivity contribution in [2.24, 2.45) is 7.05 Å². The zero-order valence-corrected chi connectivity index (χ0v) is 10.1. The molecule has 1 aliphatic carbocycles. The van der Waals surface area contributed by atoms with E-state index in [1.54, 1.807) is 6.33 Å². The molecule has 1 aromatic rings. The Morgan fingerprint density at radius 1 is 1.36 bits per heavy atom. The standard InChI is InChI=1S/C10H16BrN3/c1-14-7-12-13-10(14)8-5-3-2-4-6-9(8)11/h7-9H,2-6H2,1H3. The van der Waals surface area contributed by atoms with Crippen LogP contribution in [0.25, 0.3) is 0 Å². The predicted octanol–water partition coefficient (Wildman–Crippen LogP) is 2.63. The van der Waals surface area contributed by atoms with E-state index in [1.165, 1.54) is 32.1 Å². The van der Waals surface area contributed by atoms with E-state index < -0.39 is 0 Å². The van der Waals surface area contributed by atoms with Crippen LogP contribution in [0.4, 0.5) is 0 Å². The number of hydrogen-bond acceptors (Lipinski definition) is 2. The molecular formula is C10H16BrN3. The van der Waals surface area contributed by atoms with Crippen molar-refractivity contribution in [2.45, 2.75) is 42.8 Å². The second-order valence-corrected chi connectivity index (χ2v) is 5.24. The molecule has 0 amide bonds. The molecule has 0 radical (unpaired) electrons. The third-order valence-electron chi connectivity index (χ3n) is 3.01. The summed E-state index contributed by atoms with van der Waals surface area (Å²) in [6, 6.07) is 0. The number of halogens is 1. The van der Waals surface area contributed by atoms with Gasteiger partial charge in [0.05, 0.1) is 0 Å². The van der Waals surface area contributed by atoms with Gasteiger partial charge in [0.1, 0.15) is 12.2 Å². The van der Waals surface area contributed by atoms with Crippen LogP contribution >= 0.6 is 15.9 Å².